The van der Waals surface area contributed by atoms with E-state index in [0.717, 1.165) is 11.8 Å². The van der Waals surface area contributed by atoms with Gasteiger partial charge in [0.1, 0.15) is 0 Å². The molecule has 0 N–H and O–H groups in total. The molecule has 3 unspecified atom stereocenters. The summed E-state index contributed by atoms with van der Waals surface area (Å²) >= 11 is 0. The van der Waals surface area contributed by atoms with Gasteiger partial charge in [-0.25, -0.2) is 0 Å². The van der Waals surface area contributed by atoms with Crippen LogP contribution in [0.15, 0.2) is 11.6 Å². The Morgan fingerprint density at radius 3 is 2.93 bits per heavy atom. The average molecular weight is 192 g/mol. The minimum absolute atomic E-state index is 0.652. The molecule has 2 aliphatic carbocycles. The summed E-state index contributed by atoms with van der Waals surface area (Å²) in [5.41, 5.74) is 2.45. The third kappa shape index (κ3) is 1.43. The molecule has 0 heteroatoms. The highest BCUT2D eigenvalue weighted by molar-refractivity contribution is 5.17. The molecule has 3 atom stereocenters. The highest BCUT2D eigenvalue weighted by Crippen LogP contribution is 2.57. The highest BCUT2D eigenvalue weighted by atomic mass is 14.5. The first-order valence-electron chi connectivity index (χ1n) is 6.37. The Morgan fingerprint density at radius 2 is 2.21 bits per heavy atom. The fraction of sp³-hybridized carbons (Fsp3) is 0.857. The summed E-state index contributed by atoms with van der Waals surface area (Å²) in [6.07, 6.45) is 11.0. The maximum atomic E-state index is 2.54. The van der Waals surface area contributed by atoms with Crippen LogP contribution in [0.25, 0.3) is 0 Å². The summed E-state index contributed by atoms with van der Waals surface area (Å²) < 4.78 is 0. The van der Waals surface area contributed by atoms with E-state index in [2.05, 4.69) is 26.8 Å². The molecular weight excluding hydrogens is 168 g/mol. The van der Waals surface area contributed by atoms with E-state index in [1.165, 1.54) is 38.5 Å². The molecule has 0 aromatic carbocycles. The van der Waals surface area contributed by atoms with Crippen LogP contribution in [-0.2, 0) is 0 Å². The van der Waals surface area contributed by atoms with Gasteiger partial charge in [-0.15, -0.1) is 0 Å². The predicted molar refractivity (Wildman–Crippen MR) is 62.2 cm³/mol. The zero-order valence-corrected chi connectivity index (χ0v) is 9.97. The average Bonchev–Trinajstić information content (AvgIpc) is 2.45. The van der Waals surface area contributed by atoms with Crippen LogP contribution in [0.3, 0.4) is 0 Å². The van der Waals surface area contributed by atoms with Gasteiger partial charge in [0.15, 0.2) is 0 Å². The summed E-state index contributed by atoms with van der Waals surface area (Å²) in [4.78, 5) is 0. The Kier molecular flexibility index (Phi) is 2.72. The molecule has 0 aromatic rings. The van der Waals surface area contributed by atoms with Gasteiger partial charge < -0.3 is 0 Å². The van der Waals surface area contributed by atoms with Gasteiger partial charge in [0.25, 0.3) is 0 Å². The fourth-order valence-electron chi connectivity index (χ4n) is 3.80. The number of hydrogen-bond acceptors (Lipinski definition) is 0. The summed E-state index contributed by atoms with van der Waals surface area (Å²) in [5.74, 6) is 1.89. The molecule has 0 bridgehead atoms. The van der Waals surface area contributed by atoms with Crippen LogP contribution in [-0.4, -0.2) is 0 Å². The largest absolute Gasteiger partial charge is 0.0853 e. The van der Waals surface area contributed by atoms with E-state index < -0.39 is 0 Å². The third-order valence-electron chi connectivity index (χ3n) is 4.90. The Balaban J connectivity index is 2.24. The van der Waals surface area contributed by atoms with Crippen LogP contribution in [0, 0.1) is 17.3 Å². The number of fused-ring (bicyclic) bond motifs is 1. The molecule has 2 aliphatic rings. The van der Waals surface area contributed by atoms with Gasteiger partial charge >= 0.3 is 0 Å². The van der Waals surface area contributed by atoms with Crippen LogP contribution >= 0.6 is 0 Å². The van der Waals surface area contributed by atoms with E-state index in [4.69, 9.17) is 0 Å². The van der Waals surface area contributed by atoms with Crippen molar-refractivity contribution in [3.05, 3.63) is 11.6 Å². The van der Waals surface area contributed by atoms with Crippen LogP contribution in [0.5, 0.6) is 0 Å². The minimum atomic E-state index is 0.652. The predicted octanol–water partition coefficient (Wildman–Crippen LogP) is 4.56. The van der Waals surface area contributed by atoms with E-state index >= 15 is 0 Å². The summed E-state index contributed by atoms with van der Waals surface area (Å²) in [6.45, 7) is 7.28. The molecular formula is C14H24. The Labute approximate surface area is 88.8 Å². The molecule has 2 fully saturated rings. The van der Waals surface area contributed by atoms with E-state index in [1.54, 1.807) is 5.57 Å². The Morgan fingerprint density at radius 1 is 1.43 bits per heavy atom. The molecule has 0 amide bonds. The maximum Gasteiger partial charge on any atom is -0.0147 e. The standard InChI is InChI=1S/C14H24/c1-4-6-12-7-5-10-14(3)11(2)8-9-13(12)14/h6,11,13H,4-5,7-10H2,1-3H3/b12-6+. The molecule has 0 saturated heterocycles. The van der Waals surface area contributed by atoms with Gasteiger partial charge in [-0.3, -0.25) is 0 Å². The summed E-state index contributed by atoms with van der Waals surface area (Å²) in [7, 11) is 0. The van der Waals surface area contributed by atoms with Crippen molar-refractivity contribution in [3.8, 4) is 0 Å². The van der Waals surface area contributed by atoms with E-state index in [-0.39, 0.29) is 0 Å². The van der Waals surface area contributed by atoms with Crippen molar-refractivity contribution in [2.24, 2.45) is 17.3 Å². The Bertz CT molecular complexity index is 238. The zero-order valence-electron chi connectivity index (χ0n) is 9.97. The molecule has 2 saturated carbocycles. The maximum absolute atomic E-state index is 2.54. The molecule has 80 valence electrons. The van der Waals surface area contributed by atoms with Crippen LogP contribution in [0.2, 0.25) is 0 Å². The Hall–Kier alpha value is -0.260. The summed E-state index contributed by atoms with van der Waals surface area (Å²) in [6, 6.07) is 0. The lowest BCUT2D eigenvalue weighted by molar-refractivity contribution is 0.146. The van der Waals surface area contributed by atoms with E-state index in [1.807, 2.05) is 0 Å². The van der Waals surface area contributed by atoms with Crippen molar-refractivity contribution < 1.29 is 0 Å². The number of hydrogen-bond donors (Lipinski definition) is 0. The topological polar surface area (TPSA) is 0 Å². The van der Waals surface area contributed by atoms with Gasteiger partial charge in [0, 0.05) is 0 Å². The third-order valence-corrected chi connectivity index (χ3v) is 4.90. The second kappa shape index (κ2) is 3.72. The lowest BCUT2D eigenvalue weighted by Crippen LogP contribution is -2.31. The smallest absolute Gasteiger partial charge is 0.0147 e. The lowest BCUT2D eigenvalue weighted by Gasteiger charge is -2.41. The number of allylic oxidation sites excluding steroid dienone is 2. The zero-order chi connectivity index (χ0) is 10.2. The fourth-order valence-corrected chi connectivity index (χ4v) is 3.80. The SMILES string of the molecule is CC/C=C1\CCCC2(C)C(C)CCC12. The van der Waals surface area contributed by atoms with Crippen molar-refractivity contribution in [1.82, 2.24) is 0 Å². The van der Waals surface area contributed by atoms with Crippen molar-refractivity contribution >= 4 is 0 Å². The van der Waals surface area contributed by atoms with Gasteiger partial charge in [0.05, 0.1) is 0 Å². The second-order valence-electron chi connectivity index (χ2n) is 5.58. The molecule has 0 aliphatic heterocycles. The number of rotatable bonds is 1. The van der Waals surface area contributed by atoms with Gasteiger partial charge in [0.2, 0.25) is 0 Å². The molecule has 0 aromatic heterocycles. The van der Waals surface area contributed by atoms with E-state index in [0.29, 0.717) is 5.41 Å². The molecule has 0 spiro atoms. The van der Waals surface area contributed by atoms with Crippen molar-refractivity contribution in [1.29, 1.82) is 0 Å². The first kappa shape index (κ1) is 10.3. The first-order valence-corrected chi connectivity index (χ1v) is 6.37. The normalized spacial score (nSPS) is 45.5. The van der Waals surface area contributed by atoms with Crippen LogP contribution < -0.4 is 0 Å². The van der Waals surface area contributed by atoms with Gasteiger partial charge in [-0.1, -0.05) is 32.4 Å². The van der Waals surface area contributed by atoms with Gasteiger partial charge in [-0.2, -0.15) is 0 Å². The van der Waals surface area contributed by atoms with Crippen molar-refractivity contribution in [3.63, 3.8) is 0 Å². The molecule has 0 radical (unpaired) electrons. The van der Waals surface area contributed by atoms with Gasteiger partial charge in [-0.05, 0) is 55.8 Å². The van der Waals surface area contributed by atoms with Crippen molar-refractivity contribution in [2.45, 2.75) is 59.3 Å². The van der Waals surface area contributed by atoms with Crippen LogP contribution in [0.4, 0.5) is 0 Å². The quantitative estimate of drug-likeness (QED) is 0.534. The second-order valence-corrected chi connectivity index (χ2v) is 5.58. The molecule has 0 nitrogen and oxygen atoms in total. The van der Waals surface area contributed by atoms with Crippen LogP contribution in [0.1, 0.15) is 59.3 Å². The molecule has 2 rings (SSSR count). The lowest BCUT2D eigenvalue weighted by atomic mass is 9.64. The molecule has 14 heavy (non-hydrogen) atoms. The minimum Gasteiger partial charge on any atom is -0.0853 e. The highest BCUT2D eigenvalue weighted by Gasteiger charge is 2.46. The first-order chi connectivity index (χ1) is 6.68. The monoisotopic (exact) mass is 192 g/mol. The van der Waals surface area contributed by atoms with Crippen molar-refractivity contribution in [2.75, 3.05) is 0 Å². The van der Waals surface area contributed by atoms with E-state index in [9.17, 15) is 0 Å². The molecule has 0 heterocycles. The summed E-state index contributed by atoms with van der Waals surface area (Å²) in [5, 5.41) is 0.